The summed E-state index contributed by atoms with van der Waals surface area (Å²) in [4.78, 5) is 34.4. The third-order valence-electron chi connectivity index (χ3n) is 3.55. The summed E-state index contributed by atoms with van der Waals surface area (Å²) in [6.45, 7) is 1.70. The number of rotatable bonds is 2. The highest BCUT2D eigenvalue weighted by Gasteiger charge is 2.35. The maximum absolute atomic E-state index is 12.2. The maximum Gasteiger partial charge on any atom is 0.328 e. The highest BCUT2D eigenvalue weighted by atomic mass is 16.5. The zero-order valence-electron chi connectivity index (χ0n) is 11.7. The molecule has 2 aliphatic rings. The van der Waals surface area contributed by atoms with Gasteiger partial charge in [-0.25, -0.2) is 24.5 Å². The molecule has 4 amide bonds. The van der Waals surface area contributed by atoms with Crippen molar-refractivity contribution in [1.29, 1.82) is 5.26 Å². The van der Waals surface area contributed by atoms with E-state index in [-0.39, 0.29) is 29.7 Å². The molecule has 9 heteroatoms. The molecular weight excluding hydrogens is 288 g/mol. The summed E-state index contributed by atoms with van der Waals surface area (Å²) in [5.41, 5.74) is 0.117. The molecule has 1 atom stereocenters. The molecule has 1 N–H and O–H groups in total. The van der Waals surface area contributed by atoms with Crippen LogP contribution < -0.4 is 10.1 Å². The number of urea groups is 2. The number of nitrogens with one attached hydrogen (secondary N) is 1. The van der Waals surface area contributed by atoms with E-state index < -0.39 is 0 Å². The fraction of sp³-hybridized carbons (Fsp3) is 0.462. The molecule has 0 aliphatic carbocycles. The number of carbonyl (C=O) groups is 2. The number of likely N-dealkylation sites (tertiary alicyclic amines) is 1. The van der Waals surface area contributed by atoms with Crippen LogP contribution in [-0.4, -0.2) is 64.1 Å². The van der Waals surface area contributed by atoms with E-state index in [0.29, 0.717) is 32.6 Å². The van der Waals surface area contributed by atoms with Crippen LogP contribution in [0.5, 0.6) is 5.88 Å². The van der Waals surface area contributed by atoms with Crippen molar-refractivity contribution in [3.63, 3.8) is 0 Å². The van der Waals surface area contributed by atoms with Gasteiger partial charge in [0.15, 0.2) is 0 Å². The van der Waals surface area contributed by atoms with Crippen LogP contribution in [0.2, 0.25) is 0 Å². The number of aromatic nitrogens is 2. The molecule has 0 aromatic carbocycles. The van der Waals surface area contributed by atoms with E-state index in [1.165, 1.54) is 17.3 Å². The zero-order chi connectivity index (χ0) is 15.5. The lowest BCUT2D eigenvalue weighted by Gasteiger charge is -2.21. The molecule has 3 heterocycles. The van der Waals surface area contributed by atoms with Gasteiger partial charge >= 0.3 is 12.1 Å². The Hall–Kier alpha value is -2.89. The lowest BCUT2D eigenvalue weighted by Crippen LogP contribution is -2.44. The Morgan fingerprint density at radius 1 is 1.41 bits per heavy atom. The average Bonchev–Trinajstić information content (AvgIpc) is 3.16. The molecule has 2 fully saturated rings. The van der Waals surface area contributed by atoms with Crippen LogP contribution >= 0.6 is 0 Å². The van der Waals surface area contributed by atoms with Gasteiger partial charge in [0.25, 0.3) is 5.88 Å². The van der Waals surface area contributed by atoms with Gasteiger partial charge in [0.2, 0.25) is 5.69 Å². The average molecular weight is 302 g/mol. The SMILES string of the molecule is N#Cc1nccnc1O[C@H]1CCN(C(=O)N2CCNC2=O)C1. The van der Waals surface area contributed by atoms with Gasteiger partial charge in [-0.05, 0) is 0 Å². The van der Waals surface area contributed by atoms with Crippen LogP contribution in [0, 0.1) is 11.3 Å². The highest BCUT2D eigenvalue weighted by molar-refractivity contribution is 5.95. The second kappa shape index (κ2) is 5.85. The number of ether oxygens (including phenoxy) is 1. The Kier molecular flexibility index (Phi) is 3.74. The van der Waals surface area contributed by atoms with E-state index in [1.54, 1.807) is 4.90 Å². The Labute approximate surface area is 126 Å². The summed E-state index contributed by atoms with van der Waals surface area (Å²) in [6, 6.07) is 1.23. The fourth-order valence-electron chi connectivity index (χ4n) is 2.47. The second-order valence-electron chi connectivity index (χ2n) is 4.96. The van der Waals surface area contributed by atoms with Gasteiger partial charge in [0.1, 0.15) is 12.2 Å². The number of nitriles is 1. The van der Waals surface area contributed by atoms with Crippen molar-refractivity contribution >= 4 is 12.1 Å². The lowest BCUT2D eigenvalue weighted by atomic mass is 10.3. The summed E-state index contributed by atoms with van der Waals surface area (Å²) in [5, 5.41) is 11.6. The number of hydrogen-bond acceptors (Lipinski definition) is 6. The Morgan fingerprint density at radius 3 is 2.95 bits per heavy atom. The van der Waals surface area contributed by atoms with Crippen molar-refractivity contribution in [2.45, 2.75) is 12.5 Å². The number of imide groups is 1. The first-order valence-electron chi connectivity index (χ1n) is 6.91. The smallest absolute Gasteiger partial charge is 0.328 e. The van der Waals surface area contributed by atoms with Gasteiger partial charge in [-0.1, -0.05) is 0 Å². The zero-order valence-corrected chi connectivity index (χ0v) is 11.7. The third-order valence-corrected chi connectivity index (χ3v) is 3.55. The van der Waals surface area contributed by atoms with Crippen molar-refractivity contribution in [2.75, 3.05) is 26.2 Å². The van der Waals surface area contributed by atoms with Gasteiger partial charge < -0.3 is 15.0 Å². The van der Waals surface area contributed by atoms with Gasteiger partial charge in [-0.2, -0.15) is 5.26 Å². The van der Waals surface area contributed by atoms with Crippen molar-refractivity contribution in [1.82, 2.24) is 25.1 Å². The van der Waals surface area contributed by atoms with E-state index in [2.05, 4.69) is 15.3 Å². The Bertz CT molecular complexity index is 643. The van der Waals surface area contributed by atoms with Crippen molar-refractivity contribution in [3.8, 4) is 11.9 Å². The minimum Gasteiger partial charge on any atom is -0.470 e. The number of nitrogens with zero attached hydrogens (tertiary/aromatic N) is 5. The summed E-state index contributed by atoms with van der Waals surface area (Å²) < 4.78 is 5.66. The van der Waals surface area contributed by atoms with E-state index >= 15 is 0 Å². The molecule has 2 saturated heterocycles. The Morgan fingerprint density at radius 2 is 2.23 bits per heavy atom. The van der Waals surface area contributed by atoms with E-state index in [0.717, 1.165) is 0 Å². The molecule has 0 radical (unpaired) electrons. The van der Waals surface area contributed by atoms with Crippen LogP contribution in [-0.2, 0) is 0 Å². The first kappa shape index (κ1) is 14.1. The first-order valence-corrected chi connectivity index (χ1v) is 6.91. The Balaban J connectivity index is 1.62. The number of hydrogen-bond donors (Lipinski definition) is 1. The minimum atomic E-state index is -0.366. The molecule has 22 heavy (non-hydrogen) atoms. The van der Waals surface area contributed by atoms with Crippen LogP contribution in [0.4, 0.5) is 9.59 Å². The van der Waals surface area contributed by atoms with E-state index in [1.807, 2.05) is 6.07 Å². The van der Waals surface area contributed by atoms with Crippen LogP contribution in [0.1, 0.15) is 12.1 Å². The normalized spacial score (nSPS) is 20.7. The largest absolute Gasteiger partial charge is 0.470 e. The minimum absolute atomic E-state index is 0.117. The van der Waals surface area contributed by atoms with Crippen molar-refractivity contribution in [2.24, 2.45) is 0 Å². The number of amides is 4. The quantitative estimate of drug-likeness (QED) is 0.819. The molecule has 3 rings (SSSR count). The number of carbonyl (C=O) groups excluding carboxylic acids is 2. The highest BCUT2D eigenvalue weighted by Crippen LogP contribution is 2.19. The molecular formula is C13H14N6O3. The van der Waals surface area contributed by atoms with Crippen molar-refractivity contribution in [3.05, 3.63) is 18.1 Å². The van der Waals surface area contributed by atoms with Crippen LogP contribution in [0.3, 0.4) is 0 Å². The van der Waals surface area contributed by atoms with Gasteiger partial charge in [0, 0.05) is 38.4 Å². The molecule has 1 aromatic heterocycles. The van der Waals surface area contributed by atoms with Crippen LogP contribution in [0.25, 0.3) is 0 Å². The summed E-state index contributed by atoms with van der Waals surface area (Å²) in [5.74, 6) is 0.170. The van der Waals surface area contributed by atoms with Crippen molar-refractivity contribution < 1.29 is 14.3 Å². The predicted molar refractivity (Wildman–Crippen MR) is 72.9 cm³/mol. The summed E-state index contributed by atoms with van der Waals surface area (Å²) in [7, 11) is 0. The topological polar surface area (TPSA) is 111 Å². The lowest BCUT2D eigenvalue weighted by molar-refractivity contribution is 0.160. The van der Waals surface area contributed by atoms with Gasteiger partial charge in [0.05, 0.1) is 6.54 Å². The molecule has 0 bridgehead atoms. The molecule has 9 nitrogen and oxygen atoms in total. The maximum atomic E-state index is 12.2. The third kappa shape index (κ3) is 2.63. The fourth-order valence-corrected chi connectivity index (χ4v) is 2.47. The standard InChI is InChI=1S/C13H14N6O3/c14-7-10-11(16-3-2-15-10)22-9-1-5-18(8-9)13(21)19-6-4-17-12(19)20/h2-3,9H,1,4-6,8H2,(H,17,20)/t9-/m0/s1. The second-order valence-corrected chi connectivity index (χ2v) is 4.96. The van der Waals surface area contributed by atoms with Crippen LogP contribution in [0.15, 0.2) is 12.4 Å². The summed E-state index contributed by atoms with van der Waals surface area (Å²) >= 11 is 0. The molecule has 0 unspecified atom stereocenters. The first-order chi connectivity index (χ1) is 10.7. The molecule has 0 saturated carbocycles. The molecule has 0 spiro atoms. The molecule has 2 aliphatic heterocycles. The molecule has 1 aromatic rings. The van der Waals surface area contributed by atoms with Gasteiger partial charge in [-0.15, -0.1) is 0 Å². The summed E-state index contributed by atoms with van der Waals surface area (Å²) in [6.07, 6.45) is 3.21. The molecule has 114 valence electrons. The van der Waals surface area contributed by atoms with E-state index in [4.69, 9.17) is 10.00 Å². The monoisotopic (exact) mass is 302 g/mol. The van der Waals surface area contributed by atoms with Gasteiger partial charge in [-0.3, -0.25) is 0 Å². The van der Waals surface area contributed by atoms with E-state index in [9.17, 15) is 9.59 Å². The predicted octanol–water partition coefficient (Wildman–Crippen LogP) is -0.0534.